The normalized spacial score (nSPS) is 12.4. The molecule has 0 radical (unpaired) electrons. The lowest BCUT2D eigenvalue weighted by Crippen LogP contribution is -2.29. The van der Waals surface area contributed by atoms with Gasteiger partial charge in [0.25, 0.3) is 0 Å². The molecule has 0 bridgehead atoms. The molecule has 8 nitrogen and oxygen atoms in total. The standard InChI is InChI=1S/C18H18N4O4/c1-3-26-18(24)21-7-6-11-8-13(4-5-14(11)21)22-10-12(9-19)15(20)16(22)17(23)25-2/h4-5,8,10H,3,6-7,20H2,1-2H3. The molecule has 0 fully saturated rings. The second kappa shape index (κ2) is 6.80. The molecule has 0 unspecified atom stereocenters. The molecule has 2 N–H and O–H groups in total. The summed E-state index contributed by atoms with van der Waals surface area (Å²) in [6, 6.07) is 7.38. The number of nitriles is 1. The molecule has 2 heterocycles. The van der Waals surface area contributed by atoms with E-state index >= 15 is 0 Å². The van der Waals surface area contributed by atoms with Crippen LogP contribution in [0.3, 0.4) is 0 Å². The van der Waals surface area contributed by atoms with Gasteiger partial charge in [-0.1, -0.05) is 0 Å². The van der Waals surface area contributed by atoms with Crippen LogP contribution < -0.4 is 10.6 Å². The fraction of sp³-hybridized carbons (Fsp3) is 0.278. The van der Waals surface area contributed by atoms with Crippen LogP contribution in [0.4, 0.5) is 16.2 Å². The predicted octanol–water partition coefficient (Wildman–Crippen LogP) is 2.24. The van der Waals surface area contributed by atoms with Crippen LogP contribution in [0.2, 0.25) is 0 Å². The molecule has 2 aromatic rings. The molecule has 134 valence electrons. The van der Waals surface area contributed by atoms with Gasteiger partial charge in [0, 0.05) is 18.4 Å². The monoisotopic (exact) mass is 354 g/mol. The summed E-state index contributed by atoms with van der Waals surface area (Å²) in [4.78, 5) is 25.7. The number of carbonyl (C=O) groups is 2. The SMILES string of the molecule is CCOC(=O)N1CCc2cc(-n3cc(C#N)c(N)c3C(=O)OC)ccc21. The Kier molecular flexibility index (Phi) is 4.54. The van der Waals surface area contributed by atoms with Crippen molar-refractivity contribution in [3.8, 4) is 11.8 Å². The number of fused-ring (bicyclic) bond motifs is 1. The number of rotatable bonds is 3. The van der Waals surface area contributed by atoms with Crippen molar-refractivity contribution < 1.29 is 19.1 Å². The Balaban J connectivity index is 2.04. The van der Waals surface area contributed by atoms with Crippen molar-refractivity contribution in [1.29, 1.82) is 5.26 Å². The Labute approximate surface area is 150 Å². The fourth-order valence-corrected chi connectivity index (χ4v) is 3.05. The van der Waals surface area contributed by atoms with Crippen LogP contribution in [0, 0.1) is 11.3 Å². The second-order valence-corrected chi connectivity index (χ2v) is 5.69. The van der Waals surface area contributed by atoms with Crippen LogP contribution >= 0.6 is 0 Å². The number of anilines is 2. The Hall–Kier alpha value is -3.47. The molecule has 1 aliphatic heterocycles. The summed E-state index contributed by atoms with van der Waals surface area (Å²) >= 11 is 0. The van der Waals surface area contributed by atoms with E-state index in [1.165, 1.54) is 17.9 Å². The Morgan fingerprint density at radius 1 is 1.38 bits per heavy atom. The van der Waals surface area contributed by atoms with Crippen LogP contribution in [0.25, 0.3) is 5.69 Å². The first-order chi connectivity index (χ1) is 12.5. The van der Waals surface area contributed by atoms with E-state index in [1.54, 1.807) is 24.0 Å². The molecule has 1 aromatic heterocycles. The highest BCUT2D eigenvalue weighted by atomic mass is 16.6. The fourth-order valence-electron chi connectivity index (χ4n) is 3.05. The Morgan fingerprint density at radius 3 is 2.81 bits per heavy atom. The topological polar surface area (TPSA) is 111 Å². The zero-order valence-electron chi connectivity index (χ0n) is 14.5. The van der Waals surface area contributed by atoms with Crippen molar-refractivity contribution in [3.05, 3.63) is 41.2 Å². The van der Waals surface area contributed by atoms with Gasteiger partial charge in [-0.05, 0) is 37.1 Å². The van der Waals surface area contributed by atoms with Crippen LogP contribution in [0.1, 0.15) is 28.5 Å². The smallest absolute Gasteiger partial charge is 0.414 e. The number of aromatic nitrogens is 1. The minimum absolute atomic E-state index is 0.0769. The third-order valence-electron chi connectivity index (χ3n) is 4.27. The van der Waals surface area contributed by atoms with Gasteiger partial charge in [-0.3, -0.25) is 4.90 Å². The van der Waals surface area contributed by atoms with Gasteiger partial charge in [-0.15, -0.1) is 0 Å². The summed E-state index contributed by atoms with van der Waals surface area (Å²) in [5.41, 5.74) is 8.66. The lowest BCUT2D eigenvalue weighted by atomic mass is 10.1. The van der Waals surface area contributed by atoms with Crippen molar-refractivity contribution in [1.82, 2.24) is 4.57 Å². The van der Waals surface area contributed by atoms with Crippen LogP contribution in [-0.2, 0) is 15.9 Å². The summed E-state index contributed by atoms with van der Waals surface area (Å²) in [7, 11) is 1.26. The number of ether oxygens (including phenoxy) is 2. The van der Waals surface area contributed by atoms with Gasteiger partial charge in [0.05, 0.1) is 30.7 Å². The summed E-state index contributed by atoms with van der Waals surface area (Å²) in [5.74, 6) is -0.627. The molecule has 1 amide bonds. The van der Waals surface area contributed by atoms with Gasteiger partial charge in [0.1, 0.15) is 6.07 Å². The number of nitrogens with zero attached hydrogens (tertiary/aromatic N) is 3. The van der Waals surface area contributed by atoms with E-state index in [0.29, 0.717) is 25.3 Å². The molecular formula is C18H18N4O4. The number of esters is 1. The average Bonchev–Trinajstić information content (AvgIpc) is 3.21. The largest absolute Gasteiger partial charge is 0.464 e. The van der Waals surface area contributed by atoms with Crippen molar-refractivity contribution in [3.63, 3.8) is 0 Å². The second-order valence-electron chi connectivity index (χ2n) is 5.69. The van der Waals surface area contributed by atoms with E-state index in [-0.39, 0.29) is 23.0 Å². The number of hydrogen-bond acceptors (Lipinski definition) is 6. The van der Waals surface area contributed by atoms with E-state index in [4.69, 9.17) is 15.2 Å². The first-order valence-electron chi connectivity index (χ1n) is 8.08. The minimum atomic E-state index is -0.627. The predicted molar refractivity (Wildman–Crippen MR) is 94.3 cm³/mol. The Morgan fingerprint density at radius 2 is 2.15 bits per heavy atom. The molecular weight excluding hydrogens is 336 g/mol. The first kappa shape index (κ1) is 17.4. The zero-order chi connectivity index (χ0) is 18.8. The van der Waals surface area contributed by atoms with Gasteiger partial charge in [0.15, 0.2) is 5.69 Å². The highest BCUT2D eigenvalue weighted by Gasteiger charge is 2.27. The lowest BCUT2D eigenvalue weighted by Gasteiger charge is -2.17. The van der Waals surface area contributed by atoms with E-state index in [0.717, 1.165) is 11.3 Å². The number of hydrogen-bond donors (Lipinski definition) is 1. The number of amides is 1. The summed E-state index contributed by atoms with van der Waals surface area (Å²) in [5, 5.41) is 9.21. The van der Waals surface area contributed by atoms with Gasteiger partial charge < -0.3 is 19.8 Å². The maximum absolute atomic E-state index is 12.1. The summed E-state index contributed by atoms with van der Waals surface area (Å²) in [6.07, 6.45) is 1.78. The van der Waals surface area contributed by atoms with Gasteiger partial charge in [0.2, 0.25) is 0 Å². The average molecular weight is 354 g/mol. The van der Waals surface area contributed by atoms with E-state index in [9.17, 15) is 14.9 Å². The van der Waals surface area contributed by atoms with Crippen LogP contribution in [-0.4, -0.2) is 36.9 Å². The molecule has 0 spiro atoms. The quantitative estimate of drug-likeness (QED) is 0.846. The molecule has 0 saturated heterocycles. The Bertz CT molecular complexity index is 926. The van der Waals surface area contributed by atoms with Gasteiger partial charge in [-0.2, -0.15) is 5.26 Å². The summed E-state index contributed by atoms with van der Waals surface area (Å²) < 4.78 is 11.4. The maximum Gasteiger partial charge on any atom is 0.414 e. The number of benzene rings is 1. The van der Waals surface area contributed by atoms with Crippen LogP contribution in [0.5, 0.6) is 0 Å². The van der Waals surface area contributed by atoms with Crippen molar-refractivity contribution in [2.75, 3.05) is 30.9 Å². The van der Waals surface area contributed by atoms with Crippen molar-refractivity contribution >= 4 is 23.4 Å². The minimum Gasteiger partial charge on any atom is -0.464 e. The maximum atomic E-state index is 12.1. The number of nitrogen functional groups attached to an aromatic ring is 1. The zero-order valence-corrected chi connectivity index (χ0v) is 14.5. The van der Waals surface area contributed by atoms with E-state index in [2.05, 4.69) is 0 Å². The number of carbonyl (C=O) groups excluding carboxylic acids is 2. The number of nitrogens with two attached hydrogens (primary N) is 1. The van der Waals surface area contributed by atoms with Crippen molar-refractivity contribution in [2.45, 2.75) is 13.3 Å². The third kappa shape index (κ3) is 2.73. The van der Waals surface area contributed by atoms with E-state index < -0.39 is 5.97 Å². The van der Waals surface area contributed by atoms with Gasteiger partial charge >= 0.3 is 12.1 Å². The molecule has 26 heavy (non-hydrogen) atoms. The van der Waals surface area contributed by atoms with Crippen LogP contribution in [0.15, 0.2) is 24.4 Å². The molecule has 1 aromatic carbocycles. The molecule has 0 saturated carbocycles. The number of methoxy groups -OCH3 is 1. The molecule has 3 rings (SSSR count). The molecule has 8 heteroatoms. The molecule has 0 atom stereocenters. The lowest BCUT2D eigenvalue weighted by molar-refractivity contribution is 0.0593. The third-order valence-corrected chi connectivity index (χ3v) is 4.27. The highest BCUT2D eigenvalue weighted by Crippen LogP contribution is 2.32. The molecule has 0 aliphatic carbocycles. The summed E-state index contributed by atoms with van der Waals surface area (Å²) in [6.45, 7) is 2.60. The van der Waals surface area contributed by atoms with Crippen molar-refractivity contribution in [2.24, 2.45) is 0 Å². The first-order valence-corrected chi connectivity index (χ1v) is 8.08. The molecule has 1 aliphatic rings. The van der Waals surface area contributed by atoms with Gasteiger partial charge in [-0.25, -0.2) is 9.59 Å². The highest BCUT2D eigenvalue weighted by molar-refractivity contribution is 5.96. The van der Waals surface area contributed by atoms with E-state index in [1.807, 2.05) is 12.1 Å².